The summed E-state index contributed by atoms with van der Waals surface area (Å²) in [6.07, 6.45) is 2.31. The smallest absolute Gasteiger partial charge is 0.305 e. The summed E-state index contributed by atoms with van der Waals surface area (Å²) in [4.78, 5) is 27.4. The Labute approximate surface area is 118 Å². The van der Waals surface area contributed by atoms with Gasteiger partial charge in [-0.1, -0.05) is 6.07 Å². The van der Waals surface area contributed by atoms with E-state index >= 15 is 0 Å². The molecule has 0 aromatic carbocycles. The predicted octanol–water partition coefficient (Wildman–Crippen LogP) is 1.79. The monoisotopic (exact) mass is 292 g/mol. The molecule has 20 heavy (non-hydrogen) atoms. The number of pyridine rings is 1. The van der Waals surface area contributed by atoms with Crippen LogP contribution < -0.4 is 5.32 Å². The number of aliphatic carboxylic acids is 1. The molecule has 2 heterocycles. The number of nitrogens with one attached hydrogen (secondary N) is 1. The fraction of sp³-hybridized carbons (Fsp3) is 0.154. The van der Waals surface area contributed by atoms with Crippen LogP contribution >= 0.6 is 11.3 Å². The number of aromatic hydroxyl groups is 1. The van der Waals surface area contributed by atoms with E-state index in [1.54, 1.807) is 12.1 Å². The third-order valence-corrected chi connectivity index (χ3v) is 3.54. The Kier molecular flexibility index (Phi) is 4.31. The lowest BCUT2D eigenvalue weighted by Gasteiger charge is -2.15. The number of thiophene rings is 1. The number of rotatable bonds is 5. The van der Waals surface area contributed by atoms with Crippen LogP contribution in [-0.2, 0) is 4.79 Å². The van der Waals surface area contributed by atoms with E-state index in [-0.39, 0.29) is 17.7 Å². The molecule has 1 unspecified atom stereocenters. The molecule has 1 atom stereocenters. The van der Waals surface area contributed by atoms with Gasteiger partial charge in [0.05, 0.1) is 24.2 Å². The average molecular weight is 292 g/mol. The molecule has 1 amide bonds. The van der Waals surface area contributed by atoms with E-state index in [4.69, 9.17) is 5.11 Å². The van der Waals surface area contributed by atoms with Crippen molar-refractivity contribution >= 4 is 23.2 Å². The summed E-state index contributed by atoms with van der Waals surface area (Å²) in [6, 6.07) is 4.22. The molecular weight excluding hydrogens is 280 g/mol. The van der Waals surface area contributed by atoms with E-state index in [9.17, 15) is 14.7 Å². The van der Waals surface area contributed by atoms with Gasteiger partial charge in [-0.15, -0.1) is 11.3 Å². The molecule has 7 heteroatoms. The van der Waals surface area contributed by atoms with Gasteiger partial charge in [0.1, 0.15) is 5.75 Å². The van der Waals surface area contributed by atoms with E-state index in [0.717, 1.165) is 4.88 Å². The zero-order valence-corrected chi connectivity index (χ0v) is 11.1. The van der Waals surface area contributed by atoms with E-state index in [1.165, 1.54) is 29.8 Å². The Morgan fingerprint density at radius 3 is 2.80 bits per heavy atom. The van der Waals surface area contributed by atoms with Crippen molar-refractivity contribution in [2.24, 2.45) is 0 Å². The highest BCUT2D eigenvalue weighted by Gasteiger charge is 2.20. The van der Waals surface area contributed by atoms with Crippen LogP contribution in [0.3, 0.4) is 0 Å². The molecule has 2 rings (SSSR count). The van der Waals surface area contributed by atoms with E-state index in [0.29, 0.717) is 0 Å². The number of amides is 1. The van der Waals surface area contributed by atoms with Crippen LogP contribution in [0.25, 0.3) is 0 Å². The molecule has 6 nitrogen and oxygen atoms in total. The van der Waals surface area contributed by atoms with Gasteiger partial charge in [-0.3, -0.25) is 14.6 Å². The number of aromatic nitrogens is 1. The summed E-state index contributed by atoms with van der Waals surface area (Å²) in [7, 11) is 0. The maximum Gasteiger partial charge on any atom is 0.305 e. The number of carboxylic acids is 1. The van der Waals surface area contributed by atoms with Crippen LogP contribution in [0.1, 0.15) is 27.7 Å². The van der Waals surface area contributed by atoms with Crippen LogP contribution in [-0.4, -0.2) is 27.1 Å². The Morgan fingerprint density at radius 2 is 2.20 bits per heavy atom. The van der Waals surface area contributed by atoms with Crippen molar-refractivity contribution in [3.63, 3.8) is 0 Å². The lowest BCUT2D eigenvalue weighted by molar-refractivity contribution is -0.137. The summed E-state index contributed by atoms with van der Waals surface area (Å²) in [5.74, 6) is -1.60. The first-order valence-corrected chi connectivity index (χ1v) is 6.64. The first kappa shape index (κ1) is 14.0. The SMILES string of the molecule is O=C(O)CC(NC(=O)c1cncc(O)c1)c1cccs1. The van der Waals surface area contributed by atoms with Crippen molar-refractivity contribution in [2.75, 3.05) is 0 Å². The highest BCUT2D eigenvalue weighted by atomic mass is 32.1. The summed E-state index contributed by atoms with van der Waals surface area (Å²) in [5.41, 5.74) is 0.178. The molecule has 0 spiro atoms. The maximum absolute atomic E-state index is 12.0. The summed E-state index contributed by atoms with van der Waals surface area (Å²) in [6.45, 7) is 0. The second kappa shape index (κ2) is 6.16. The van der Waals surface area contributed by atoms with Gasteiger partial charge in [0.2, 0.25) is 0 Å². The highest BCUT2D eigenvalue weighted by molar-refractivity contribution is 7.10. The molecule has 0 radical (unpaired) electrons. The zero-order valence-electron chi connectivity index (χ0n) is 10.3. The lowest BCUT2D eigenvalue weighted by atomic mass is 10.1. The number of hydrogen-bond donors (Lipinski definition) is 3. The largest absolute Gasteiger partial charge is 0.506 e. The number of carboxylic acid groups (broad SMARTS) is 1. The topological polar surface area (TPSA) is 99.5 Å². The molecule has 0 aliphatic rings. The molecule has 2 aromatic heterocycles. The van der Waals surface area contributed by atoms with Gasteiger partial charge in [0, 0.05) is 11.1 Å². The van der Waals surface area contributed by atoms with E-state index in [1.807, 2.05) is 5.38 Å². The van der Waals surface area contributed by atoms with Gasteiger partial charge >= 0.3 is 5.97 Å². The second-order valence-corrected chi connectivity index (χ2v) is 5.05. The van der Waals surface area contributed by atoms with Crippen molar-refractivity contribution in [1.29, 1.82) is 0 Å². The van der Waals surface area contributed by atoms with Crippen molar-refractivity contribution in [3.8, 4) is 5.75 Å². The summed E-state index contributed by atoms with van der Waals surface area (Å²) < 4.78 is 0. The Hall–Kier alpha value is -2.41. The number of carbonyl (C=O) groups excluding carboxylic acids is 1. The molecular formula is C13H12N2O4S. The zero-order chi connectivity index (χ0) is 14.5. The Balaban J connectivity index is 2.15. The number of nitrogens with zero attached hydrogens (tertiary/aromatic N) is 1. The quantitative estimate of drug-likeness (QED) is 0.780. The van der Waals surface area contributed by atoms with Gasteiger partial charge in [-0.25, -0.2) is 0 Å². The minimum absolute atomic E-state index is 0.122. The van der Waals surface area contributed by atoms with Crippen LogP contribution in [0.5, 0.6) is 5.75 Å². The molecule has 0 aliphatic carbocycles. The van der Waals surface area contributed by atoms with Gasteiger partial charge < -0.3 is 15.5 Å². The molecule has 0 saturated carbocycles. The van der Waals surface area contributed by atoms with Crippen LogP contribution in [0.2, 0.25) is 0 Å². The fourth-order valence-corrected chi connectivity index (χ4v) is 2.46. The summed E-state index contributed by atoms with van der Waals surface area (Å²) in [5, 5.41) is 22.6. The predicted molar refractivity (Wildman–Crippen MR) is 72.7 cm³/mol. The molecule has 2 aromatic rings. The number of hydrogen-bond acceptors (Lipinski definition) is 5. The normalized spacial score (nSPS) is 11.8. The van der Waals surface area contributed by atoms with Crippen LogP contribution in [0, 0.1) is 0 Å². The fourth-order valence-electron chi connectivity index (χ4n) is 1.68. The third kappa shape index (κ3) is 3.55. The second-order valence-electron chi connectivity index (χ2n) is 4.07. The third-order valence-electron chi connectivity index (χ3n) is 2.56. The number of carbonyl (C=O) groups is 2. The standard InChI is InChI=1S/C13H12N2O4S/c16-9-4-8(6-14-7-9)13(19)15-10(5-12(17)18)11-2-1-3-20-11/h1-4,6-7,10,16H,5H2,(H,15,19)(H,17,18). The first-order chi connectivity index (χ1) is 9.56. The van der Waals surface area contributed by atoms with Gasteiger partial charge in [0.25, 0.3) is 5.91 Å². The Morgan fingerprint density at radius 1 is 1.40 bits per heavy atom. The van der Waals surface area contributed by atoms with E-state index in [2.05, 4.69) is 10.3 Å². The van der Waals surface area contributed by atoms with Crippen LogP contribution in [0.4, 0.5) is 0 Å². The van der Waals surface area contributed by atoms with Crippen LogP contribution in [0.15, 0.2) is 36.0 Å². The van der Waals surface area contributed by atoms with Crippen molar-refractivity contribution in [1.82, 2.24) is 10.3 Å². The maximum atomic E-state index is 12.0. The lowest BCUT2D eigenvalue weighted by Crippen LogP contribution is -2.29. The molecule has 104 valence electrons. The highest BCUT2D eigenvalue weighted by Crippen LogP contribution is 2.22. The van der Waals surface area contributed by atoms with Crippen molar-refractivity contribution in [2.45, 2.75) is 12.5 Å². The minimum Gasteiger partial charge on any atom is -0.506 e. The molecule has 0 saturated heterocycles. The van der Waals surface area contributed by atoms with Crippen molar-refractivity contribution in [3.05, 3.63) is 46.4 Å². The summed E-state index contributed by atoms with van der Waals surface area (Å²) >= 11 is 1.37. The molecule has 0 bridgehead atoms. The first-order valence-electron chi connectivity index (χ1n) is 5.76. The molecule has 0 aliphatic heterocycles. The van der Waals surface area contributed by atoms with Gasteiger partial charge in [-0.05, 0) is 17.5 Å². The molecule has 3 N–H and O–H groups in total. The van der Waals surface area contributed by atoms with Crippen molar-refractivity contribution < 1.29 is 19.8 Å². The molecule has 0 fully saturated rings. The Bertz CT molecular complexity index is 613. The van der Waals surface area contributed by atoms with E-state index < -0.39 is 17.9 Å². The minimum atomic E-state index is -1.00. The van der Waals surface area contributed by atoms with Gasteiger partial charge in [0.15, 0.2) is 0 Å². The van der Waals surface area contributed by atoms with Gasteiger partial charge in [-0.2, -0.15) is 0 Å². The average Bonchev–Trinajstić information content (AvgIpc) is 2.91.